The molecule has 2 aromatic rings. The van der Waals surface area contributed by atoms with Gasteiger partial charge in [-0.2, -0.15) is 0 Å². The SMILES string of the molecule is CC(C)CN(Cc1ccc2ccccc2n1)C1CCNCC1.O=C(O)C=CC(=O)O. The average molecular weight is 414 g/mol. The lowest BCUT2D eigenvalue weighted by molar-refractivity contribution is -0.134. The molecule has 1 aromatic carbocycles. The molecule has 162 valence electrons. The van der Waals surface area contributed by atoms with Gasteiger partial charge in [0.1, 0.15) is 0 Å². The van der Waals surface area contributed by atoms with Gasteiger partial charge in [0.05, 0.1) is 11.2 Å². The van der Waals surface area contributed by atoms with Crippen LogP contribution in [0.5, 0.6) is 0 Å². The Morgan fingerprint density at radius 3 is 2.33 bits per heavy atom. The first kappa shape index (κ1) is 23.5. The second kappa shape index (κ2) is 12.0. The number of carboxylic acids is 2. The van der Waals surface area contributed by atoms with E-state index in [0.717, 1.165) is 31.7 Å². The van der Waals surface area contributed by atoms with Gasteiger partial charge in [-0.25, -0.2) is 9.59 Å². The molecule has 0 radical (unpaired) electrons. The fourth-order valence-electron chi connectivity index (χ4n) is 3.53. The molecule has 0 atom stereocenters. The van der Waals surface area contributed by atoms with Gasteiger partial charge in [0, 0.05) is 36.7 Å². The van der Waals surface area contributed by atoms with E-state index in [-0.39, 0.29) is 0 Å². The number of fused-ring (bicyclic) bond motifs is 1. The van der Waals surface area contributed by atoms with Crippen molar-refractivity contribution in [2.45, 2.75) is 39.3 Å². The molecule has 1 saturated heterocycles. The van der Waals surface area contributed by atoms with Gasteiger partial charge in [-0.05, 0) is 44.0 Å². The predicted molar refractivity (Wildman–Crippen MR) is 117 cm³/mol. The molecule has 0 amide bonds. The number of aromatic nitrogens is 1. The molecule has 30 heavy (non-hydrogen) atoms. The third-order valence-corrected chi connectivity index (χ3v) is 4.81. The molecule has 7 heteroatoms. The highest BCUT2D eigenvalue weighted by Crippen LogP contribution is 2.18. The molecule has 1 aliphatic rings. The molecule has 0 aliphatic carbocycles. The zero-order valence-electron chi connectivity index (χ0n) is 17.6. The Balaban J connectivity index is 0.000000343. The molecule has 1 fully saturated rings. The van der Waals surface area contributed by atoms with E-state index in [9.17, 15) is 9.59 Å². The fourth-order valence-corrected chi connectivity index (χ4v) is 3.53. The smallest absolute Gasteiger partial charge is 0.328 e. The van der Waals surface area contributed by atoms with Crippen molar-refractivity contribution in [1.29, 1.82) is 0 Å². The number of nitrogens with one attached hydrogen (secondary N) is 1. The van der Waals surface area contributed by atoms with Crippen LogP contribution < -0.4 is 5.32 Å². The first-order valence-corrected chi connectivity index (χ1v) is 10.3. The zero-order valence-corrected chi connectivity index (χ0v) is 17.6. The first-order chi connectivity index (χ1) is 14.3. The standard InChI is InChI=1S/C19H27N3.C4H4O4/c1-15(2)13-22(18-9-11-20-12-10-18)14-17-8-7-16-5-3-4-6-19(16)21-17;5-3(6)1-2-4(7)8/h3-8,15,18,20H,9-14H2,1-2H3;1-2H,(H,5,6)(H,7,8). The lowest BCUT2D eigenvalue weighted by Crippen LogP contribution is -2.44. The lowest BCUT2D eigenvalue weighted by Gasteiger charge is -2.35. The van der Waals surface area contributed by atoms with Crippen LogP contribution in [0.2, 0.25) is 0 Å². The molecule has 0 bridgehead atoms. The van der Waals surface area contributed by atoms with Crippen molar-refractivity contribution < 1.29 is 19.8 Å². The summed E-state index contributed by atoms with van der Waals surface area (Å²) < 4.78 is 0. The number of carbonyl (C=O) groups is 2. The average Bonchev–Trinajstić information content (AvgIpc) is 2.72. The number of hydrogen-bond acceptors (Lipinski definition) is 5. The Morgan fingerprint density at radius 1 is 1.10 bits per heavy atom. The van der Waals surface area contributed by atoms with Crippen molar-refractivity contribution >= 4 is 22.8 Å². The van der Waals surface area contributed by atoms with Crippen LogP contribution >= 0.6 is 0 Å². The van der Waals surface area contributed by atoms with E-state index >= 15 is 0 Å². The highest BCUT2D eigenvalue weighted by atomic mass is 16.4. The topological polar surface area (TPSA) is 103 Å². The van der Waals surface area contributed by atoms with Gasteiger partial charge in [0.25, 0.3) is 0 Å². The minimum absolute atomic E-state index is 0.558. The first-order valence-electron chi connectivity index (χ1n) is 10.3. The zero-order chi connectivity index (χ0) is 21.9. The number of piperidine rings is 1. The van der Waals surface area contributed by atoms with Crippen LogP contribution in [0.3, 0.4) is 0 Å². The van der Waals surface area contributed by atoms with E-state index in [1.54, 1.807) is 0 Å². The molecule has 0 saturated carbocycles. The third kappa shape index (κ3) is 8.31. The van der Waals surface area contributed by atoms with Crippen LogP contribution in [0.4, 0.5) is 0 Å². The van der Waals surface area contributed by atoms with Gasteiger partial charge in [-0.3, -0.25) is 9.88 Å². The van der Waals surface area contributed by atoms with Crippen molar-refractivity contribution in [1.82, 2.24) is 15.2 Å². The van der Waals surface area contributed by atoms with E-state index in [1.807, 2.05) is 0 Å². The molecule has 1 aromatic heterocycles. The Kier molecular flexibility index (Phi) is 9.44. The van der Waals surface area contributed by atoms with Crippen molar-refractivity contribution in [2.24, 2.45) is 5.92 Å². The molecular weight excluding hydrogens is 382 g/mol. The Bertz CT molecular complexity index is 844. The Morgan fingerprint density at radius 2 is 1.73 bits per heavy atom. The number of rotatable bonds is 7. The van der Waals surface area contributed by atoms with Crippen LogP contribution in [-0.2, 0) is 16.1 Å². The number of benzene rings is 1. The van der Waals surface area contributed by atoms with Crippen LogP contribution in [0, 0.1) is 5.92 Å². The summed E-state index contributed by atoms with van der Waals surface area (Å²) in [6, 6.07) is 13.5. The minimum atomic E-state index is -1.26. The molecule has 2 heterocycles. The van der Waals surface area contributed by atoms with Crippen molar-refractivity contribution in [3.05, 3.63) is 54.2 Å². The number of hydrogen-bond donors (Lipinski definition) is 3. The van der Waals surface area contributed by atoms with Gasteiger partial charge in [0.2, 0.25) is 0 Å². The number of carboxylic acid groups (broad SMARTS) is 2. The van der Waals surface area contributed by atoms with E-state index < -0.39 is 11.9 Å². The summed E-state index contributed by atoms with van der Waals surface area (Å²) in [7, 11) is 0. The second-order valence-corrected chi connectivity index (χ2v) is 7.81. The molecule has 0 spiro atoms. The molecule has 3 N–H and O–H groups in total. The highest BCUT2D eigenvalue weighted by Gasteiger charge is 2.22. The van der Waals surface area contributed by atoms with Gasteiger partial charge in [0.15, 0.2) is 0 Å². The molecule has 0 unspecified atom stereocenters. The van der Waals surface area contributed by atoms with Gasteiger partial charge < -0.3 is 15.5 Å². The van der Waals surface area contributed by atoms with Crippen molar-refractivity contribution in [3.63, 3.8) is 0 Å². The van der Waals surface area contributed by atoms with Crippen LogP contribution in [0.25, 0.3) is 10.9 Å². The summed E-state index contributed by atoms with van der Waals surface area (Å²) in [4.78, 5) is 26.6. The maximum atomic E-state index is 9.55. The van der Waals surface area contributed by atoms with E-state index in [0.29, 0.717) is 24.1 Å². The summed E-state index contributed by atoms with van der Waals surface area (Å²) in [5, 5.41) is 20.3. The molecule has 3 rings (SSSR count). The maximum Gasteiger partial charge on any atom is 0.328 e. The summed E-state index contributed by atoms with van der Waals surface area (Å²) in [5.41, 5.74) is 2.30. The molecule has 1 aliphatic heterocycles. The third-order valence-electron chi connectivity index (χ3n) is 4.81. The summed E-state index contributed by atoms with van der Waals surface area (Å²) in [5.74, 6) is -1.82. The monoisotopic (exact) mass is 413 g/mol. The maximum absolute atomic E-state index is 9.55. The number of nitrogens with zero attached hydrogens (tertiary/aromatic N) is 2. The van der Waals surface area contributed by atoms with Crippen LogP contribution in [-0.4, -0.2) is 57.7 Å². The Hall–Kier alpha value is -2.77. The second-order valence-electron chi connectivity index (χ2n) is 7.81. The number of aliphatic carboxylic acids is 2. The number of para-hydroxylation sites is 1. The summed E-state index contributed by atoms with van der Waals surface area (Å²) >= 11 is 0. The Labute approximate surface area is 177 Å². The molecule has 7 nitrogen and oxygen atoms in total. The van der Waals surface area contributed by atoms with E-state index in [1.165, 1.54) is 23.9 Å². The van der Waals surface area contributed by atoms with Crippen molar-refractivity contribution in [2.75, 3.05) is 19.6 Å². The van der Waals surface area contributed by atoms with E-state index in [2.05, 4.69) is 60.5 Å². The summed E-state index contributed by atoms with van der Waals surface area (Å²) in [6.45, 7) is 9.02. The summed E-state index contributed by atoms with van der Waals surface area (Å²) in [6.07, 6.45) is 3.62. The lowest BCUT2D eigenvalue weighted by atomic mass is 10.0. The number of pyridine rings is 1. The fraction of sp³-hybridized carbons (Fsp3) is 0.435. The van der Waals surface area contributed by atoms with E-state index in [4.69, 9.17) is 15.2 Å². The quantitative estimate of drug-likeness (QED) is 0.599. The minimum Gasteiger partial charge on any atom is -0.478 e. The van der Waals surface area contributed by atoms with Gasteiger partial charge in [-0.15, -0.1) is 0 Å². The van der Waals surface area contributed by atoms with Crippen LogP contribution in [0.1, 0.15) is 32.4 Å². The van der Waals surface area contributed by atoms with Gasteiger partial charge in [-0.1, -0.05) is 38.1 Å². The van der Waals surface area contributed by atoms with Gasteiger partial charge >= 0.3 is 11.9 Å². The largest absolute Gasteiger partial charge is 0.478 e. The van der Waals surface area contributed by atoms with Crippen LogP contribution in [0.15, 0.2) is 48.6 Å². The molecular formula is C23H31N3O4. The highest BCUT2D eigenvalue weighted by molar-refractivity contribution is 5.89. The normalized spacial score (nSPS) is 14.8. The predicted octanol–water partition coefficient (Wildman–Crippen LogP) is 3.16. The van der Waals surface area contributed by atoms with Crippen molar-refractivity contribution in [3.8, 4) is 0 Å².